The summed E-state index contributed by atoms with van der Waals surface area (Å²) >= 11 is 5.17. The Morgan fingerprint density at radius 1 is 1.25 bits per heavy atom. The van der Waals surface area contributed by atoms with Crippen LogP contribution in [0.15, 0.2) is 56.9 Å². The first kappa shape index (κ1) is 11.4. The Morgan fingerprint density at radius 3 is 2.81 bits per heavy atom. The molecule has 1 heterocycles. The maximum atomic E-state index is 5.31. The van der Waals surface area contributed by atoms with Gasteiger partial charge in [-0.3, -0.25) is 0 Å². The number of pyridine rings is 1. The minimum atomic E-state index is 0.664. The first-order valence-electron chi connectivity index (χ1n) is 4.64. The van der Waals surface area contributed by atoms with Crippen LogP contribution in [0.2, 0.25) is 0 Å². The summed E-state index contributed by atoms with van der Waals surface area (Å²) in [7, 11) is 0. The van der Waals surface area contributed by atoms with Gasteiger partial charge < -0.3 is 5.43 Å². The molecule has 0 amide bonds. The number of hydrogen-bond donors (Lipinski definition) is 2. The van der Waals surface area contributed by atoms with Gasteiger partial charge in [0.25, 0.3) is 0 Å². The van der Waals surface area contributed by atoms with Crippen molar-refractivity contribution >= 4 is 33.5 Å². The van der Waals surface area contributed by atoms with E-state index in [4.69, 9.17) is 5.84 Å². The molecule has 1 aromatic carbocycles. The van der Waals surface area contributed by atoms with Gasteiger partial charge in [0.15, 0.2) is 0 Å². The largest absolute Gasteiger partial charge is 0.308 e. The second-order valence-electron chi connectivity index (χ2n) is 3.05. The summed E-state index contributed by atoms with van der Waals surface area (Å²) in [6, 6.07) is 11.9. The third-order valence-electron chi connectivity index (χ3n) is 1.94. The number of nitrogens with zero attached hydrogens (tertiary/aromatic N) is 1. The highest BCUT2D eigenvalue weighted by atomic mass is 79.9. The molecular formula is C11H10BrN3S. The molecule has 2 rings (SSSR count). The number of hydrogen-bond acceptors (Lipinski definition) is 4. The second-order valence-corrected chi connectivity index (χ2v) is 5.02. The Balaban J connectivity index is 2.24. The van der Waals surface area contributed by atoms with Gasteiger partial charge in [0.2, 0.25) is 0 Å². The minimum Gasteiger partial charge on any atom is -0.308 e. The van der Waals surface area contributed by atoms with E-state index in [2.05, 4.69) is 32.4 Å². The van der Waals surface area contributed by atoms with Crippen molar-refractivity contribution in [1.82, 2.24) is 4.98 Å². The fourth-order valence-corrected chi connectivity index (χ4v) is 2.60. The van der Waals surface area contributed by atoms with Gasteiger partial charge in [-0.25, -0.2) is 10.8 Å². The first-order chi connectivity index (χ1) is 7.79. The normalized spacial score (nSPS) is 10.1. The van der Waals surface area contributed by atoms with Crippen LogP contribution in [0.4, 0.5) is 5.82 Å². The van der Waals surface area contributed by atoms with Crippen LogP contribution in [0.3, 0.4) is 0 Å². The number of nitrogens with one attached hydrogen (secondary N) is 1. The quantitative estimate of drug-likeness (QED) is 0.674. The number of halogens is 1. The molecule has 1 aromatic heterocycles. The molecule has 0 spiro atoms. The predicted molar refractivity (Wildman–Crippen MR) is 70.3 cm³/mol. The van der Waals surface area contributed by atoms with Crippen LogP contribution in [0.5, 0.6) is 0 Å². The fraction of sp³-hybridized carbons (Fsp3) is 0. The summed E-state index contributed by atoms with van der Waals surface area (Å²) in [6.07, 6.45) is 1.73. The lowest BCUT2D eigenvalue weighted by Crippen LogP contribution is -2.07. The molecule has 2 aromatic rings. The molecule has 0 aliphatic heterocycles. The second kappa shape index (κ2) is 5.34. The van der Waals surface area contributed by atoms with Crippen molar-refractivity contribution in [3.8, 4) is 0 Å². The van der Waals surface area contributed by atoms with Gasteiger partial charge >= 0.3 is 0 Å². The van der Waals surface area contributed by atoms with E-state index in [9.17, 15) is 0 Å². The van der Waals surface area contributed by atoms with Crippen molar-refractivity contribution in [1.29, 1.82) is 0 Å². The summed E-state index contributed by atoms with van der Waals surface area (Å²) in [5, 5.41) is 0. The molecule has 0 atom stereocenters. The molecule has 3 nitrogen and oxygen atoms in total. The number of nitrogen functional groups attached to an aromatic ring is 1. The van der Waals surface area contributed by atoms with Crippen LogP contribution in [-0.4, -0.2) is 4.98 Å². The molecule has 0 radical (unpaired) electrons. The smallest absolute Gasteiger partial charge is 0.140 e. The number of aromatic nitrogens is 1. The van der Waals surface area contributed by atoms with E-state index in [1.165, 1.54) is 0 Å². The van der Waals surface area contributed by atoms with E-state index < -0.39 is 0 Å². The van der Waals surface area contributed by atoms with Crippen LogP contribution in [0.25, 0.3) is 0 Å². The zero-order chi connectivity index (χ0) is 11.4. The molecule has 3 N–H and O–H groups in total. The monoisotopic (exact) mass is 295 g/mol. The lowest BCUT2D eigenvalue weighted by Gasteiger charge is -2.05. The molecule has 0 aliphatic rings. The number of hydrazine groups is 1. The maximum Gasteiger partial charge on any atom is 0.140 e. The van der Waals surface area contributed by atoms with Crippen LogP contribution in [0, 0.1) is 0 Å². The van der Waals surface area contributed by atoms with E-state index >= 15 is 0 Å². The summed E-state index contributed by atoms with van der Waals surface area (Å²) in [4.78, 5) is 6.32. The van der Waals surface area contributed by atoms with Crippen LogP contribution >= 0.6 is 27.7 Å². The van der Waals surface area contributed by atoms with E-state index in [-0.39, 0.29) is 0 Å². The van der Waals surface area contributed by atoms with E-state index in [0.717, 1.165) is 14.3 Å². The van der Waals surface area contributed by atoms with Crippen molar-refractivity contribution in [3.05, 3.63) is 47.1 Å². The fourth-order valence-electron chi connectivity index (χ4n) is 1.21. The highest BCUT2D eigenvalue weighted by molar-refractivity contribution is 9.10. The average molecular weight is 296 g/mol. The van der Waals surface area contributed by atoms with Gasteiger partial charge in [0, 0.05) is 20.5 Å². The van der Waals surface area contributed by atoms with Crippen molar-refractivity contribution in [2.45, 2.75) is 9.79 Å². The molecule has 0 saturated heterocycles. The van der Waals surface area contributed by atoms with E-state index in [1.54, 1.807) is 18.0 Å². The molecule has 16 heavy (non-hydrogen) atoms. The van der Waals surface area contributed by atoms with Gasteiger partial charge in [0.05, 0.1) is 0 Å². The number of rotatable bonds is 3. The van der Waals surface area contributed by atoms with Crippen molar-refractivity contribution in [2.75, 3.05) is 5.43 Å². The number of nitrogens with two attached hydrogens (primary N) is 1. The summed E-state index contributed by atoms with van der Waals surface area (Å²) in [5.74, 6) is 5.97. The zero-order valence-corrected chi connectivity index (χ0v) is 10.8. The third-order valence-corrected chi connectivity index (χ3v) is 3.96. The minimum absolute atomic E-state index is 0.664. The molecule has 0 fully saturated rings. The summed E-state index contributed by atoms with van der Waals surface area (Å²) < 4.78 is 1.08. The molecule has 0 aliphatic carbocycles. The first-order valence-corrected chi connectivity index (χ1v) is 6.25. The van der Waals surface area contributed by atoms with E-state index in [0.29, 0.717) is 5.82 Å². The highest BCUT2D eigenvalue weighted by Gasteiger charge is 2.02. The molecule has 0 bridgehead atoms. The Labute approximate surface area is 107 Å². The topological polar surface area (TPSA) is 50.9 Å². The maximum absolute atomic E-state index is 5.31. The van der Waals surface area contributed by atoms with Crippen molar-refractivity contribution in [2.24, 2.45) is 5.84 Å². The average Bonchev–Trinajstić information content (AvgIpc) is 2.32. The van der Waals surface area contributed by atoms with Crippen LogP contribution in [0.1, 0.15) is 0 Å². The van der Waals surface area contributed by atoms with Crippen LogP contribution < -0.4 is 11.3 Å². The number of anilines is 1. The van der Waals surface area contributed by atoms with Gasteiger partial charge in [-0.2, -0.15) is 0 Å². The van der Waals surface area contributed by atoms with Crippen LogP contribution in [-0.2, 0) is 0 Å². The highest BCUT2D eigenvalue weighted by Crippen LogP contribution is 2.33. The van der Waals surface area contributed by atoms with Gasteiger partial charge in [-0.15, -0.1) is 0 Å². The summed E-state index contributed by atoms with van der Waals surface area (Å²) in [6.45, 7) is 0. The molecule has 82 valence electrons. The van der Waals surface area contributed by atoms with Gasteiger partial charge in [-0.05, 0) is 40.2 Å². The standard InChI is InChI=1S/C11H10BrN3S/c12-9-3-1-2-4-10(9)16-8-5-6-14-11(7-8)15-13/h1-7H,13H2,(H,14,15). The lowest BCUT2D eigenvalue weighted by molar-refractivity contribution is 1.19. The number of benzene rings is 1. The van der Waals surface area contributed by atoms with Crippen molar-refractivity contribution in [3.63, 3.8) is 0 Å². The SMILES string of the molecule is NNc1cc(Sc2ccccc2Br)ccn1. The van der Waals surface area contributed by atoms with E-state index in [1.807, 2.05) is 30.3 Å². The zero-order valence-electron chi connectivity index (χ0n) is 8.35. The lowest BCUT2D eigenvalue weighted by atomic mass is 10.4. The Bertz CT molecular complexity index is 490. The predicted octanol–water partition coefficient (Wildman–Crippen LogP) is 3.28. The van der Waals surface area contributed by atoms with Gasteiger partial charge in [0.1, 0.15) is 5.82 Å². The molecule has 5 heteroatoms. The molecule has 0 unspecified atom stereocenters. The molecule has 0 saturated carbocycles. The Hall–Kier alpha value is -1.04. The summed E-state index contributed by atoms with van der Waals surface area (Å²) in [5.41, 5.74) is 2.53. The Kier molecular flexibility index (Phi) is 3.82. The van der Waals surface area contributed by atoms with Crippen molar-refractivity contribution < 1.29 is 0 Å². The molecular weight excluding hydrogens is 286 g/mol. The van der Waals surface area contributed by atoms with Gasteiger partial charge in [-0.1, -0.05) is 23.9 Å². The third kappa shape index (κ3) is 2.75. The Morgan fingerprint density at radius 2 is 2.06 bits per heavy atom.